The molecular formula is C11H18O2. The van der Waals surface area contributed by atoms with Gasteiger partial charge < -0.3 is 9.90 Å². The molecule has 0 aromatic carbocycles. The van der Waals surface area contributed by atoms with Crippen molar-refractivity contribution in [3.63, 3.8) is 0 Å². The number of aliphatic hydroxyl groups is 1. The van der Waals surface area contributed by atoms with Crippen molar-refractivity contribution in [1.82, 2.24) is 0 Å². The molecule has 0 aromatic heterocycles. The summed E-state index contributed by atoms with van der Waals surface area (Å²) < 4.78 is 0. The highest BCUT2D eigenvalue weighted by molar-refractivity contribution is 5.55. The normalized spacial score (nSPS) is 46.7. The number of carbonyl (C=O) groups is 1. The zero-order valence-electron chi connectivity index (χ0n) is 8.36. The third-order valence-corrected chi connectivity index (χ3v) is 4.56. The van der Waals surface area contributed by atoms with Gasteiger partial charge in [0.1, 0.15) is 6.29 Å². The Labute approximate surface area is 79.3 Å². The van der Waals surface area contributed by atoms with Gasteiger partial charge in [0.15, 0.2) is 0 Å². The van der Waals surface area contributed by atoms with Crippen LogP contribution in [0.3, 0.4) is 0 Å². The average Bonchev–Trinajstić information content (AvgIpc) is 2.16. The van der Waals surface area contributed by atoms with Crippen LogP contribution in [0.4, 0.5) is 0 Å². The SMILES string of the molecule is CC1(C)[C@H]2CC(C=O)C(CO)[C@@H]1C2. The van der Waals surface area contributed by atoms with Gasteiger partial charge in [-0.2, -0.15) is 0 Å². The van der Waals surface area contributed by atoms with Crippen LogP contribution in [-0.4, -0.2) is 18.0 Å². The number of hydrogen-bond acceptors (Lipinski definition) is 2. The van der Waals surface area contributed by atoms with Crippen molar-refractivity contribution in [3.8, 4) is 0 Å². The second kappa shape index (κ2) is 2.81. The molecule has 4 atom stereocenters. The molecule has 0 aliphatic heterocycles. The smallest absolute Gasteiger partial charge is 0.123 e. The fraction of sp³-hybridized carbons (Fsp3) is 0.909. The average molecular weight is 182 g/mol. The Kier molecular flexibility index (Phi) is 1.99. The number of rotatable bonds is 2. The first-order valence-corrected chi connectivity index (χ1v) is 5.17. The molecule has 0 heterocycles. The third-order valence-electron chi connectivity index (χ3n) is 4.56. The zero-order valence-corrected chi connectivity index (χ0v) is 8.36. The summed E-state index contributed by atoms with van der Waals surface area (Å²) in [4.78, 5) is 10.8. The van der Waals surface area contributed by atoms with Gasteiger partial charge in [-0.25, -0.2) is 0 Å². The summed E-state index contributed by atoms with van der Waals surface area (Å²) >= 11 is 0. The van der Waals surface area contributed by atoms with Gasteiger partial charge in [0.2, 0.25) is 0 Å². The van der Waals surface area contributed by atoms with Crippen LogP contribution < -0.4 is 0 Å². The van der Waals surface area contributed by atoms with Gasteiger partial charge >= 0.3 is 0 Å². The largest absolute Gasteiger partial charge is 0.396 e. The van der Waals surface area contributed by atoms with E-state index in [1.807, 2.05) is 0 Å². The monoisotopic (exact) mass is 182 g/mol. The Bertz CT molecular complexity index is 222. The Balaban J connectivity index is 2.17. The zero-order chi connectivity index (χ0) is 9.64. The molecule has 2 heteroatoms. The molecule has 3 aliphatic carbocycles. The Hall–Kier alpha value is -0.370. The third kappa shape index (κ3) is 1.08. The van der Waals surface area contributed by atoms with Gasteiger partial charge in [0.25, 0.3) is 0 Å². The minimum Gasteiger partial charge on any atom is -0.396 e. The molecule has 2 unspecified atom stereocenters. The van der Waals surface area contributed by atoms with E-state index in [0.717, 1.165) is 18.6 Å². The van der Waals surface area contributed by atoms with E-state index in [-0.39, 0.29) is 18.4 Å². The molecule has 74 valence electrons. The van der Waals surface area contributed by atoms with Crippen molar-refractivity contribution in [3.05, 3.63) is 0 Å². The molecule has 1 N–H and O–H groups in total. The van der Waals surface area contributed by atoms with E-state index in [0.29, 0.717) is 11.3 Å². The van der Waals surface area contributed by atoms with Crippen LogP contribution in [0.15, 0.2) is 0 Å². The number of fused-ring (bicyclic) bond motifs is 2. The van der Waals surface area contributed by atoms with Crippen molar-refractivity contribution >= 4 is 6.29 Å². The van der Waals surface area contributed by atoms with Gasteiger partial charge in [0, 0.05) is 12.5 Å². The van der Waals surface area contributed by atoms with Crippen LogP contribution in [-0.2, 0) is 4.79 Å². The van der Waals surface area contributed by atoms with E-state index in [2.05, 4.69) is 13.8 Å². The Morgan fingerprint density at radius 2 is 2.15 bits per heavy atom. The highest BCUT2D eigenvalue weighted by Crippen LogP contribution is 2.62. The second-order valence-electron chi connectivity index (χ2n) is 5.24. The van der Waals surface area contributed by atoms with E-state index in [1.165, 1.54) is 6.42 Å². The van der Waals surface area contributed by atoms with E-state index in [4.69, 9.17) is 0 Å². The molecule has 0 spiro atoms. The van der Waals surface area contributed by atoms with Crippen molar-refractivity contribution in [2.45, 2.75) is 26.7 Å². The van der Waals surface area contributed by atoms with Crippen LogP contribution in [0.25, 0.3) is 0 Å². The predicted octanol–water partition coefficient (Wildman–Crippen LogP) is 1.48. The van der Waals surface area contributed by atoms with Crippen LogP contribution in [0, 0.1) is 29.1 Å². The van der Waals surface area contributed by atoms with E-state index >= 15 is 0 Å². The topological polar surface area (TPSA) is 37.3 Å². The summed E-state index contributed by atoms with van der Waals surface area (Å²) in [7, 11) is 0. The molecule has 2 nitrogen and oxygen atoms in total. The molecular weight excluding hydrogens is 164 g/mol. The van der Waals surface area contributed by atoms with Crippen molar-refractivity contribution < 1.29 is 9.90 Å². The first kappa shape index (κ1) is 9.20. The van der Waals surface area contributed by atoms with E-state index in [1.54, 1.807) is 0 Å². The molecule has 0 radical (unpaired) electrons. The first-order valence-electron chi connectivity index (χ1n) is 5.17. The summed E-state index contributed by atoms with van der Waals surface area (Å²) in [6, 6.07) is 0. The number of aldehydes is 1. The van der Waals surface area contributed by atoms with Crippen LogP contribution >= 0.6 is 0 Å². The molecule has 2 bridgehead atoms. The van der Waals surface area contributed by atoms with Gasteiger partial charge in [-0.15, -0.1) is 0 Å². The molecule has 0 aromatic rings. The van der Waals surface area contributed by atoms with Crippen LogP contribution in [0.5, 0.6) is 0 Å². The van der Waals surface area contributed by atoms with Crippen LogP contribution in [0.2, 0.25) is 0 Å². The maximum absolute atomic E-state index is 10.8. The summed E-state index contributed by atoms with van der Waals surface area (Å²) in [5.74, 6) is 1.65. The molecule has 0 amide bonds. The van der Waals surface area contributed by atoms with Gasteiger partial charge in [-0.1, -0.05) is 13.8 Å². The maximum Gasteiger partial charge on any atom is 0.123 e. The first-order chi connectivity index (χ1) is 6.11. The Morgan fingerprint density at radius 3 is 2.62 bits per heavy atom. The quantitative estimate of drug-likeness (QED) is 0.657. The maximum atomic E-state index is 10.8. The number of hydrogen-bond donors (Lipinski definition) is 1. The van der Waals surface area contributed by atoms with Crippen molar-refractivity contribution in [1.29, 1.82) is 0 Å². The van der Waals surface area contributed by atoms with Crippen LogP contribution in [0.1, 0.15) is 26.7 Å². The van der Waals surface area contributed by atoms with Gasteiger partial charge in [-0.05, 0) is 36.0 Å². The molecule has 0 saturated heterocycles. The van der Waals surface area contributed by atoms with Crippen molar-refractivity contribution in [2.24, 2.45) is 29.1 Å². The summed E-state index contributed by atoms with van der Waals surface area (Å²) in [5, 5.41) is 9.26. The van der Waals surface area contributed by atoms with Crippen molar-refractivity contribution in [2.75, 3.05) is 6.61 Å². The van der Waals surface area contributed by atoms with E-state index < -0.39 is 0 Å². The lowest BCUT2D eigenvalue weighted by atomic mass is 9.43. The summed E-state index contributed by atoms with van der Waals surface area (Å²) in [5.41, 5.74) is 0.368. The molecule has 3 aliphatic rings. The minimum atomic E-state index is 0.127. The lowest BCUT2D eigenvalue weighted by molar-refractivity contribution is -0.153. The van der Waals surface area contributed by atoms with Gasteiger partial charge in [0.05, 0.1) is 0 Å². The highest BCUT2D eigenvalue weighted by Gasteiger charge is 2.57. The molecule has 3 saturated carbocycles. The lowest BCUT2D eigenvalue weighted by Crippen LogP contribution is -2.56. The number of aliphatic hydroxyl groups excluding tert-OH is 1. The van der Waals surface area contributed by atoms with E-state index in [9.17, 15) is 9.90 Å². The van der Waals surface area contributed by atoms with Gasteiger partial charge in [-0.3, -0.25) is 0 Å². The summed E-state index contributed by atoms with van der Waals surface area (Å²) in [6.07, 6.45) is 3.27. The fourth-order valence-electron chi connectivity index (χ4n) is 3.40. The molecule has 3 fully saturated rings. The Morgan fingerprint density at radius 1 is 1.46 bits per heavy atom. The molecule has 3 rings (SSSR count). The molecule has 13 heavy (non-hydrogen) atoms. The fourth-order valence-corrected chi connectivity index (χ4v) is 3.40. The second-order valence-corrected chi connectivity index (χ2v) is 5.24. The number of carbonyl (C=O) groups excluding carboxylic acids is 1. The lowest BCUT2D eigenvalue weighted by Gasteiger charge is -2.61. The predicted molar refractivity (Wildman–Crippen MR) is 50.1 cm³/mol. The standard InChI is InChI=1S/C11H18O2/c1-11(2)8-3-7(5-12)9(6-13)10(11)4-8/h5,7-10,13H,3-4,6H2,1-2H3/t7?,8-,9?,10-/m0/s1. The highest BCUT2D eigenvalue weighted by atomic mass is 16.3. The summed E-state index contributed by atoms with van der Waals surface area (Å²) in [6.45, 7) is 4.73. The minimum absolute atomic E-state index is 0.127.